The van der Waals surface area contributed by atoms with Gasteiger partial charge in [-0.05, 0) is 18.2 Å². The average molecular weight is 306 g/mol. The van der Waals surface area contributed by atoms with Crippen LogP contribution in [0.1, 0.15) is 17.0 Å². The molecule has 2 aromatic heterocycles. The molecule has 0 saturated carbocycles. The van der Waals surface area contributed by atoms with Gasteiger partial charge >= 0.3 is 5.63 Å². The topological polar surface area (TPSA) is 102 Å². The molecule has 0 bridgehead atoms. The van der Waals surface area contributed by atoms with Crippen molar-refractivity contribution in [2.75, 3.05) is 0 Å². The molecule has 0 unspecified atom stereocenters. The van der Waals surface area contributed by atoms with E-state index < -0.39 is 11.5 Å². The number of benzene rings is 1. The summed E-state index contributed by atoms with van der Waals surface area (Å²) in [6.07, 6.45) is 2.94. The number of furan rings is 1. The van der Waals surface area contributed by atoms with E-state index in [1.54, 1.807) is 30.3 Å². The van der Waals surface area contributed by atoms with Crippen LogP contribution < -0.4 is 16.1 Å². The molecule has 3 aromatic rings. The van der Waals surface area contributed by atoms with Gasteiger partial charge in [-0.1, -0.05) is 12.1 Å². The van der Waals surface area contributed by atoms with Crippen molar-refractivity contribution in [2.24, 2.45) is 5.73 Å². The molecule has 0 fully saturated rings. The number of hydrogen-bond donors (Lipinski definition) is 1. The molecule has 6 heteroatoms. The minimum Gasteiger partial charge on any atom is -0.472 e. The van der Waals surface area contributed by atoms with Gasteiger partial charge in [-0.15, -0.1) is 0 Å². The Kier molecular flexibility index (Phi) is 2.75. The molecule has 1 aromatic carbocycles. The molecule has 0 spiro atoms. The van der Waals surface area contributed by atoms with E-state index in [-0.39, 0.29) is 17.0 Å². The van der Waals surface area contributed by atoms with E-state index in [0.717, 1.165) is 0 Å². The first-order valence-corrected chi connectivity index (χ1v) is 6.86. The summed E-state index contributed by atoms with van der Waals surface area (Å²) < 4.78 is 16.1. The van der Waals surface area contributed by atoms with Crippen molar-refractivity contribution in [3.8, 4) is 11.8 Å². The maximum absolute atomic E-state index is 12.5. The summed E-state index contributed by atoms with van der Waals surface area (Å²) in [6.45, 7) is 0. The second-order valence-electron chi connectivity index (χ2n) is 5.11. The third-order valence-electron chi connectivity index (χ3n) is 3.85. The van der Waals surface area contributed by atoms with Crippen LogP contribution in [0.3, 0.4) is 0 Å². The van der Waals surface area contributed by atoms with Gasteiger partial charge in [-0.25, -0.2) is 4.79 Å². The highest BCUT2D eigenvalue weighted by atomic mass is 16.5. The molecule has 23 heavy (non-hydrogen) atoms. The summed E-state index contributed by atoms with van der Waals surface area (Å²) in [7, 11) is 0. The van der Waals surface area contributed by atoms with Gasteiger partial charge in [0, 0.05) is 5.56 Å². The van der Waals surface area contributed by atoms with E-state index in [1.165, 1.54) is 12.5 Å². The summed E-state index contributed by atoms with van der Waals surface area (Å²) >= 11 is 0. The monoisotopic (exact) mass is 306 g/mol. The van der Waals surface area contributed by atoms with Crippen molar-refractivity contribution in [2.45, 2.75) is 5.92 Å². The van der Waals surface area contributed by atoms with Crippen molar-refractivity contribution in [1.82, 2.24) is 0 Å². The number of nitriles is 1. The Morgan fingerprint density at radius 2 is 2.04 bits per heavy atom. The molecule has 1 atom stereocenters. The first kappa shape index (κ1) is 13.2. The highest BCUT2D eigenvalue weighted by Crippen LogP contribution is 2.43. The van der Waals surface area contributed by atoms with Crippen LogP contribution in [0.15, 0.2) is 67.9 Å². The van der Waals surface area contributed by atoms with Gasteiger partial charge in [-0.3, -0.25) is 0 Å². The Morgan fingerprint density at radius 3 is 2.78 bits per heavy atom. The van der Waals surface area contributed by atoms with Crippen LogP contribution in [-0.2, 0) is 0 Å². The minimum absolute atomic E-state index is 0.0260. The van der Waals surface area contributed by atoms with Crippen LogP contribution in [0.4, 0.5) is 0 Å². The fourth-order valence-electron chi connectivity index (χ4n) is 2.84. The fourth-order valence-corrected chi connectivity index (χ4v) is 2.84. The van der Waals surface area contributed by atoms with Gasteiger partial charge < -0.3 is 19.3 Å². The molecule has 1 aliphatic rings. The summed E-state index contributed by atoms with van der Waals surface area (Å²) in [5.74, 6) is -0.384. The summed E-state index contributed by atoms with van der Waals surface area (Å²) in [5, 5.41) is 10.1. The van der Waals surface area contributed by atoms with Crippen molar-refractivity contribution in [1.29, 1.82) is 5.26 Å². The predicted octanol–water partition coefficient (Wildman–Crippen LogP) is 2.60. The normalized spacial score (nSPS) is 16.7. The van der Waals surface area contributed by atoms with Gasteiger partial charge in [0.05, 0.1) is 29.4 Å². The van der Waals surface area contributed by atoms with Crippen molar-refractivity contribution in [3.63, 3.8) is 0 Å². The first-order chi connectivity index (χ1) is 11.2. The lowest BCUT2D eigenvalue weighted by Crippen LogP contribution is -2.26. The van der Waals surface area contributed by atoms with Crippen molar-refractivity contribution >= 4 is 11.0 Å². The SMILES string of the molecule is N#CC1=C(N)Oc2c(c(=O)oc3ccccc23)[C@H]1c1ccoc1. The molecule has 0 saturated heterocycles. The van der Waals surface area contributed by atoms with E-state index in [9.17, 15) is 10.1 Å². The molecule has 0 aliphatic carbocycles. The van der Waals surface area contributed by atoms with Gasteiger partial charge in [0.2, 0.25) is 5.88 Å². The summed E-state index contributed by atoms with van der Waals surface area (Å²) in [5.41, 5.74) is 6.78. The number of hydrogen-bond acceptors (Lipinski definition) is 6. The van der Waals surface area contributed by atoms with E-state index in [0.29, 0.717) is 22.3 Å². The number of para-hydroxylation sites is 1. The van der Waals surface area contributed by atoms with Crippen LogP contribution in [0.25, 0.3) is 11.0 Å². The quantitative estimate of drug-likeness (QED) is 0.693. The second-order valence-corrected chi connectivity index (χ2v) is 5.11. The van der Waals surface area contributed by atoms with Gasteiger partial charge in [0.25, 0.3) is 0 Å². The van der Waals surface area contributed by atoms with Crippen LogP contribution in [0.2, 0.25) is 0 Å². The number of rotatable bonds is 1. The Bertz CT molecular complexity index is 1040. The summed E-state index contributed by atoms with van der Waals surface area (Å²) in [4.78, 5) is 12.5. The van der Waals surface area contributed by atoms with E-state index in [4.69, 9.17) is 19.3 Å². The van der Waals surface area contributed by atoms with E-state index in [2.05, 4.69) is 0 Å². The second kappa shape index (κ2) is 4.78. The average Bonchev–Trinajstić information content (AvgIpc) is 3.08. The number of fused-ring (bicyclic) bond motifs is 3. The lowest BCUT2D eigenvalue weighted by Gasteiger charge is -2.24. The Labute approximate surface area is 130 Å². The van der Waals surface area contributed by atoms with E-state index in [1.807, 2.05) is 6.07 Å². The lowest BCUT2D eigenvalue weighted by atomic mass is 9.85. The highest BCUT2D eigenvalue weighted by molar-refractivity contribution is 5.85. The molecule has 6 nitrogen and oxygen atoms in total. The molecule has 1 aliphatic heterocycles. The van der Waals surface area contributed by atoms with Crippen molar-refractivity contribution in [3.05, 3.63) is 75.9 Å². The van der Waals surface area contributed by atoms with Crippen LogP contribution in [0.5, 0.6) is 5.75 Å². The number of nitrogens with two attached hydrogens (primary N) is 1. The minimum atomic E-state index is -0.677. The third kappa shape index (κ3) is 1.84. The maximum atomic E-state index is 12.5. The molecular weight excluding hydrogens is 296 g/mol. The number of nitrogens with zero attached hydrogens (tertiary/aromatic N) is 1. The standard InChI is InChI=1S/C17H10N2O4/c18-7-11-13(9-5-6-21-8-9)14-15(23-16(11)19)10-3-1-2-4-12(10)22-17(14)20/h1-6,8,13H,19H2/t13-/m0/s1. The molecule has 4 rings (SSSR count). The first-order valence-electron chi connectivity index (χ1n) is 6.86. The maximum Gasteiger partial charge on any atom is 0.344 e. The van der Waals surface area contributed by atoms with Crippen LogP contribution in [-0.4, -0.2) is 0 Å². The zero-order chi connectivity index (χ0) is 16.0. The molecule has 0 radical (unpaired) electrons. The molecule has 2 N–H and O–H groups in total. The van der Waals surface area contributed by atoms with Crippen LogP contribution in [0, 0.1) is 11.3 Å². The number of allylic oxidation sites excluding steroid dienone is 1. The zero-order valence-corrected chi connectivity index (χ0v) is 11.8. The van der Waals surface area contributed by atoms with Gasteiger partial charge in [0.1, 0.15) is 17.2 Å². The third-order valence-corrected chi connectivity index (χ3v) is 3.85. The predicted molar refractivity (Wildman–Crippen MR) is 80.5 cm³/mol. The Balaban J connectivity index is 2.11. The molecule has 112 valence electrons. The molecule has 3 heterocycles. The fraction of sp³-hybridized carbons (Fsp3) is 0.0588. The largest absolute Gasteiger partial charge is 0.472 e. The van der Waals surface area contributed by atoms with Gasteiger partial charge in [0.15, 0.2) is 5.75 Å². The summed E-state index contributed by atoms with van der Waals surface area (Å²) in [6, 6.07) is 10.7. The zero-order valence-electron chi connectivity index (χ0n) is 11.8. The van der Waals surface area contributed by atoms with Crippen molar-refractivity contribution < 1.29 is 13.6 Å². The van der Waals surface area contributed by atoms with E-state index >= 15 is 0 Å². The number of ether oxygens (including phenoxy) is 1. The Hall–Kier alpha value is -3.46. The van der Waals surface area contributed by atoms with Crippen LogP contribution >= 0.6 is 0 Å². The highest BCUT2D eigenvalue weighted by Gasteiger charge is 2.35. The Morgan fingerprint density at radius 1 is 1.22 bits per heavy atom. The molecular formula is C17H10N2O4. The smallest absolute Gasteiger partial charge is 0.344 e. The molecule has 0 amide bonds. The lowest BCUT2D eigenvalue weighted by molar-refractivity contribution is 0.388. The van der Waals surface area contributed by atoms with Gasteiger partial charge in [-0.2, -0.15) is 5.26 Å².